The average Bonchev–Trinajstić information content (AvgIpc) is 3.72. The van der Waals surface area contributed by atoms with E-state index in [2.05, 4.69) is 16.0 Å². The fraction of sp³-hybridized carbons (Fsp3) is 0.412. The summed E-state index contributed by atoms with van der Waals surface area (Å²) in [4.78, 5) is 78.0. The highest BCUT2D eigenvalue weighted by Crippen LogP contribution is 2.35. The zero-order valence-corrected chi connectivity index (χ0v) is 28.4. The van der Waals surface area contributed by atoms with Gasteiger partial charge in [0.1, 0.15) is 29.0 Å². The second kappa shape index (κ2) is 14.8. The number of Topliss-reactive ketones (excluding diaryl/α,β-unsaturated/α-hetero) is 1. The summed E-state index contributed by atoms with van der Waals surface area (Å²) in [6.07, 6.45) is -3.11. The molecule has 4 rings (SSSR count). The molecule has 2 unspecified atom stereocenters. The molecule has 2 aliphatic rings. The Morgan fingerprint density at radius 3 is 2.24 bits per heavy atom. The van der Waals surface area contributed by atoms with Crippen LogP contribution >= 0.6 is 0 Å². The number of nitrogens with one attached hydrogen (secondary N) is 3. The third kappa shape index (κ3) is 8.17. The van der Waals surface area contributed by atoms with E-state index in [4.69, 9.17) is 28.4 Å². The first kappa shape index (κ1) is 36.4. The molecule has 0 radical (unpaired) electrons. The molecule has 0 bridgehead atoms. The van der Waals surface area contributed by atoms with Gasteiger partial charge in [0.2, 0.25) is 6.10 Å². The normalized spacial score (nSPS) is 22.9. The van der Waals surface area contributed by atoms with Gasteiger partial charge in [0.05, 0.1) is 38.1 Å². The van der Waals surface area contributed by atoms with Gasteiger partial charge in [0.25, 0.3) is 11.8 Å². The SMILES string of the molecule is CO/C=C(\NC(=O)/C(NC(=O)C(OC(=O)c1cc(OC)cc2c(C)cccc12)C1(C)CO1)=C1\N[C@@H](C)[C@@H](OC(C)=O)[C@@H]1OC(C)=O)C(C)=O. The van der Waals surface area contributed by atoms with Gasteiger partial charge in [-0.2, -0.15) is 0 Å². The minimum Gasteiger partial charge on any atom is -0.502 e. The molecule has 2 amide bonds. The molecule has 0 aliphatic carbocycles. The Morgan fingerprint density at radius 1 is 1.00 bits per heavy atom. The zero-order valence-electron chi connectivity index (χ0n) is 28.4. The van der Waals surface area contributed by atoms with Crippen LogP contribution in [0.3, 0.4) is 0 Å². The molecule has 2 heterocycles. The first-order chi connectivity index (χ1) is 23.1. The van der Waals surface area contributed by atoms with Crippen molar-refractivity contribution in [1.29, 1.82) is 0 Å². The van der Waals surface area contributed by atoms with Crippen LogP contribution in [-0.4, -0.2) is 86.3 Å². The number of ketones is 1. The fourth-order valence-corrected chi connectivity index (χ4v) is 5.34. The van der Waals surface area contributed by atoms with Crippen molar-refractivity contribution in [3.63, 3.8) is 0 Å². The minimum atomic E-state index is -1.61. The molecule has 2 fully saturated rings. The lowest BCUT2D eigenvalue weighted by Crippen LogP contribution is -2.49. The van der Waals surface area contributed by atoms with Crippen molar-refractivity contribution in [2.45, 2.75) is 71.5 Å². The first-order valence-corrected chi connectivity index (χ1v) is 15.2. The molecule has 0 aromatic heterocycles. The standard InChI is InChI=1S/C34H39N3O12/c1-16-10-9-11-22-23(16)12-21(45-8)13-24(22)33(43)49-30(34(6)15-46-34)32(42)37-27(31(41)36-25(14-44-7)18(3)38)26-29(48-20(5)40)28(17(2)35-26)47-19(4)39/h9-14,17,28-30,35H,15H2,1-8H3,(H,36,41)(H,37,42)/b25-14-,27-26+/t17-,28+,29+,30?,34?/m0/s1. The number of ether oxygens (including phenoxy) is 6. The highest BCUT2D eigenvalue weighted by atomic mass is 16.6. The number of hydrogen-bond donors (Lipinski definition) is 3. The predicted molar refractivity (Wildman–Crippen MR) is 172 cm³/mol. The van der Waals surface area contributed by atoms with Gasteiger partial charge in [-0.15, -0.1) is 0 Å². The molecule has 15 heteroatoms. The quantitative estimate of drug-likeness (QED) is 0.0966. The number of aryl methyl sites for hydroxylation is 1. The minimum absolute atomic E-state index is 0.0410. The summed E-state index contributed by atoms with van der Waals surface area (Å²) in [7, 11) is 2.72. The van der Waals surface area contributed by atoms with Gasteiger partial charge in [0.15, 0.2) is 18.0 Å². The molecule has 2 aliphatic heterocycles. The highest BCUT2D eigenvalue weighted by Gasteiger charge is 2.54. The van der Waals surface area contributed by atoms with E-state index >= 15 is 0 Å². The Balaban J connectivity index is 1.78. The number of esters is 3. The van der Waals surface area contributed by atoms with E-state index in [0.717, 1.165) is 31.1 Å². The zero-order chi connectivity index (χ0) is 36.2. The van der Waals surface area contributed by atoms with Crippen LogP contribution < -0.4 is 20.7 Å². The number of amides is 2. The van der Waals surface area contributed by atoms with Crippen molar-refractivity contribution in [2.24, 2.45) is 0 Å². The first-order valence-electron chi connectivity index (χ1n) is 15.2. The van der Waals surface area contributed by atoms with Gasteiger partial charge >= 0.3 is 17.9 Å². The lowest BCUT2D eigenvalue weighted by molar-refractivity contribution is -0.161. The van der Waals surface area contributed by atoms with Crippen LogP contribution in [0.15, 0.2) is 53.7 Å². The molecule has 49 heavy (non-hydrogen) atoms. The van der Waals surface area contributed by atoms with Crippen molar-refractivity contribution >= 4 is 46.3 Å². The number of fused-ring (bicyclic) bond motifs is 1. The molecule has 2 aromatic carbocycles. The molecule has 0 saturated carbocycles. The molecule has 3 N–H and O–H groups in total. The number of carbonyl (C=O) groups is 6. The van der Waals surface area contributed by atoms with Crippen LogP contribution in [0.5, 0.6) is 5.75 Å². The van der Waals surface area contributed by atoms with Crippen molar-refractivity contribution in [3.8, 4) is 5.75 Å². The summed E-state index contributed by atoms with van der Waals surface area (Å²) in [5, 5.41) is 9.10. The Morgan fingerprint density at radius 2 is 1.67 bits per heavy atom. The van der Waals surface area contributed by atoms with Gasteiger partial charge < -0.3 is 44.4 Å². The molecule has 2 saturated heterocycles. The largest absolute Gasteiger partial charge is 0.502 e. The molecular weight excluding hydrogens is 642 g/mol. The summed E-state index contributed by atoms with van der Waals surface area (Å²) >= 11 is 0. The Labute approximate surface area is 282 Å². The van der Waals surface area contributed by atoms with Crippen LogP contribution in [0, 0.1) is 6.92 Å². The smallest absolute Gasteiger partial charge is 0.339 e. The Hall–Kier alpha value is -5.44. The van der Waals surface area contributed by atoms with Crippen LogP contribution in [0.25, 0.3) is 10.8 Å². The highest BCUT2D eigenvalue weighted by molar-refractivity contribution is 6.08. The Kier molecular flexibility index (Phi) is 11.0. The van der Waals surface area contributed by atoms with E-state index < -0.39 is 71.2 Å². The van der Waals surface area contributed by atoms with Gasteiger partial charge in [0, 0.05) is 20.8 Å². The van der Waals surface area contributed by atoms with Crippen molar-refractivity contribution < 1.29 is 57.2 Å². The molecular formula is C34H39N3O12. The second-order valence-corrected chi connectivity index (χ2v) is 11.8. The number of epoxide rings is 1. The van der Waals surface area contributed by atoms with Gasteiger partial charge in [-0.1, -0.05) is 18.2 Å². The fourth-order valence-electron chi connectivity index (χ4n) is 5.34. The van der Waals surface area contributed by atoms with E-state index in [1.807, 2.05) is 13.0 Å². The lowest BCUT2D eigenvalue weighted by Gasteiger charge is -2.24. The molecule has 15 nitrogen and oxygen atoms in total. The van der Waals surface area contributed by atoms with Crippen molar-refractivity contribution in [2.75, 3.05) is 20.8 Å². The Bertz CT molecular complexity index is 1760. The topological polar surface area (TPSA) is 197 Å². The van der Waals surface area contributed by atoms with E-state index in [0.29, 0.717) is 11.1 Å². The number of hydrogen-bond acceptors (Lipinski definition) is 13. The number of rotatable bonds is 12. The lowest BCUT2D eigenvalue weighted by atomic mass is 9.99. The predicted octanol–water partition coefficient (Wildman–Crippen LogP) is 1.85. The maximum Gasteiger partial charge on any atom is 0.339 e. The monoisotopic (exact) mass is 681 g/mol. The van der Waals surface area contributed by atoms with Crippen LogP contribution in [0.2, 0.25) is 0 Å². The second-order valence-electron chi connectivity index (χ2n) is 11.8. The number of benzene rings is 2. The summed E-state index contributed by atoms with van der Waals surface area (Å²) in [6.45, 7) is 8.51. The number of carbonyl (C=O) groups excluding carboxylic acids is 6. The van der Waals surface area contributed by atoms with E-state index in [1.54, 1.807) is 32.0 Å². The average molecular weight is 682 g/mol. The van der Waals surface area contributed by atoms with Crippen LogP contribution in [-0.2, 0) is 47.7 Å². The summed E-state index contributed by atoms with van der Waals surface area (Å²) < 4.78 is 32.5. The maximum atomic E-state index is 14.1. The summed E-state index contributed by atoms with van der Waals surface area (Å²) in [5.74, 6) is -4.56. The number of methoxy groups -OCH3 is 2. The van der Waals surface area contributed by atoms with E-state index in [9.17, 15) is 28.8 Å². The molecule has 0 spiro atoms. The molecule has 2 aromatic rings. The number of allylic oxidation sites excluding steroid dienone is 1. The maximum absolute atomic E-state index is 14.1. The van der Waals surface area contributed by atoms with Crippen molar-refractivity contribution in [3.05, 3.63) is 64.8 Å². The van der Waals surface area contributed by atoms with Gasteiger partial charge in [-0.25, -0.2) is 4.79 Å². The molecule has 262 valence electrons. The van der Waals surface area contributed by atoms with E-state index in [1.165, 1.54) is 27.2 Å². The summed E-state index contributed by atoms with van der Waals surface area (Å²) in [6, 6.07) is 7.94. The third-order valence-electron chi connectivity index (χ3n) is 7.92. The van der Waals surface area contributed by atoms with Gasteiger partial charge in [-0.05, 0) is 49.2 Å². The third-order valence-corrected chi connectivity index (χ3v) is 7.92. The summed E-state index contributed by atoms with van der Waals surface area (Å²) in [5.41, 5.74) is -1.22. The van der Waals surface area contributed by atoms with E-state index in [-0.39, 0.29) is 23.6 Å². The van der Waals surface area contributed by atoms with Crippen LogP contribution in [0.1, 0.15) is 50.5 Å². The van der Waals surface area contributed by atoms with Crippen LogP contribution in [0.4, 0.5) is 0 Å². The van der Waals surface area contributed by atoms with Gasteiger partial charge in [-0.3, -0.25) is 24.0 Å². The van der Waals surface area contributed by atoms with Crippen molar-refractivity contribution in [1.82, 2.24) is 16.0 Å². The molecule has 5 atom stereocenters.